The smallest absolute Gasteiger partial charge is 0.240 e. The molecule has 1 rings (SSSR count). The van der Waals surface area contributed by atoms with Crippen LogP contribution in [0.4, 0.5) is 0 Å². The highest BCUT2D eigenvalue weighted by Crippen LogP contribution is 2.20. The van der Waals surface area contributed by atoms with Crippen molar-refractivity contribution < 1.29 is 8.42 Å². The average Bonchev–Trinajstić information content (AvgIpc) is 2.43. The van der Waals surface area contributed by atoms with Crippen molar-refractivity contribution in [1.29, 1.82) is 0 Å². The molecule has 20 heavy (non-hydrogen) atoms. The Kier molecular flexibility index (Phi) is 9.05. The van der Waals surface area contributed by atoms with Crippen LogP contribution in [0, 0.1) is 0 Å². The molecule has 0 saturated heterocycles. The topological polar surface area (TPSA) is 58.2 Å². The van der Waals surface area contributed by atoms with Crippen LogP contribution in [0.15, 0.2) is 29.2 Å². The van der Waals surface area contributed by atoms with Crippen LogP contribution in [0.3, 0.4) is 0 Å². The first-order valence-corrected chi connectivity index (χ1v) is 8.23. The van der Waals surface area contributed by atoms with Crippen molar-refractivity contribution in [3.05, 3.63) is 29.8 Å². The largest absolute Gasteiger partial charge is 0.320 e. The zero-order valence-corrected chi connectivity index (χ0v) is 14.0. The van der Waals surface area contributed by atoms with Crippen molar-refractivity contribution in [2.24, 2.45) is 0 Å². The molecule has 0 heterocycles. The molecule has 1 aromatic rings. The SMILES string of the molecule is CCC(C)c1ccc(S(=O)(=O)NCCCNC)cc1.Cl. The number of nitrogens with one attached hydrogen (secondary N) is 2. The van der Waals surface area contributed by atoms with E-state index in [1.165, 1.54) is 5.56 Å². The number of rotatable bonds is 8. The molecule has 0 aliphatic heterocycles. The summed E-state index contributed by atoms with van der Waals surface area (Å²) in [5.74, 6) is 0.459. The number of hydrogen-bond acceptors (Lipinski definition) is 3. The quantitative estimate of drug-likeness (QED) is 0.724. The highest BCUT2D eigenvalue weighted by atomic mass is 35.5. The molecule has 0 aliphatic rings. The molecule has 6 heteroatoms. The lowest BCUT2D eigenvalue weighted by Gasteiger charge is -2.10. The third kappa shape index (κ3) is 5.79. The van der Waals surface area contributed by atoms with Gasteiger partial charge in [0.2, 0.25) is 10.0 Å². The minimum absolute atomic E-state index is 0. The fourth-order valence-corrected chi connectivity index (χ4v) is 2.84. The van der Waals surface area contributed by atoms with Crippen molar-refractivity contribution in [3.8, 4) is 0 Å². The third-order valence-electron chi connectivity index (χ3n) is 3.27. The Balaban J connectivity index is 0.00000361. The van der Waals surface area contributed by atoms with E-state index in [0.29, 0.717) is 17.4 Å². The van der Waals surface area contributed by atoms with E-state index in [9.17, 15) is 8.42 Å². The van der Waals surface area contributed by atoms with Crippen molar-refractivity contribution >= 4 is 22.4 Å². The first-order valence-electron chi connectivity index (χ1n) is 6.75. The fourth-order valence-electron chi connectivity index (χ4n) is 1.77. The van der Waals surface area contributed by atoms with Crippen molar-refractivity contribution in [1.82, 2.24) is 10.0 Å². The van der Waals surface area contributed by atoms with E-state index in [4.69, 9.17) is 0 Å². The molecule has 1 atom stereocenters. The minimum Gasteiger partial charge on any atom is -0.320 e. The molecule has 116 valence electrons. The van der Waals surface area contributed by atoms with E-state index in [1.54, 1.807) is 12.1 Å². The maximum Gasteiger partial charge on any atom is 0.240 e. The predicted molar refractivity (Wildman–Crippen MR) is 86.1 cm³/mol. The maximum absolute atomic E-state index is 12.0. The first-order chi connectivity index (χ1) is 9.01. The number of hydrogen-bond donors (Lipinski definition) is 2. The normalized spacial score (nSPS) is 12.8. The molecule has 0 amide bonds. The van der Waals surface area contributed by atoms with Crippen LogP contribution in [0.5, 0.6) is 0 Å². The molecule has 4 nitrogen and oxygen atoms in total. The molecule has 0 radical (unpaired) electrons. The van der Waals surface area contributed by atoms with Crippen molar-refractivity contribution in [2.45, 2.75) is 37.5 Å². The standard InChI is InChI=1S/C14H24N2O2S.ClH/c1-4-12(2)13-6-8-14(9-7-13)19(17,18)16-11-5-10-15-3;/h6-9,12,15-16H,4-5,10-11H2,1-3H3;1H. The van der Waals surface area contributed by atoms with Gasteiger partial charge in [-0.2, -0.15) is 0 Å². The van der Waals surface area contributed by atoms with Gasteiger partial charge in [-0.15, -0.1) is 12.4 Å². The summed E-state index contributed by atoms with van der Waals surface area (Å²) in [6.45, 7) is 5.52. The minimum atomic E-state index is -3.37. The molecular weight excluding hydrogens is 296 g/mol. The lowest BCUT2D eigenvalue weighted by Crippen LogP contribution is -2.26. The summed E-state index contributed by atoms with van der Waals surface area (Å²) < 4.78 is 26.6. The second-order valence-electron chi connectivity index (χ2n) is 4.73. The molecule has 0 bridgehead atoms. The van der Waals surface area contributed by atoms with Gasteiger partial charge in [-0.3, -0.25) is 0 Å². The summed E-state index contributed by atoms with van der Waals surface area (Å²) >= 11 is 0. The Hall–Kier alpha value is -0.620. The van der Waals surface area contributed by atoms with Gasteiger partial charge in [0.25, 0.3) is 0 Å². The van der Waals surface area contributed by atoms with E-state index >= 15 is 0 Å². The van der Waals surface area contributed by atoms with Crippen LogP contribution >= 0.6 is 12.4 Å². The highest BCUT2D eigenvalue weighted by molar-refractivity contribution is 7.89. The molecule has 0 spiro atoms. The Morgan fingerprint density at radius 2 is 1.75 bits per heavy atom. The highest BCUT2D eigenvalue weighted by Gasteiger charge is 2.13. The molecule has 1 aromatic carbocycles. The molecule has 2 N–H and O–H groups in total. The van der Waals surface area contributed by atoms with Crippen molar-refractivity contribution in [3.63, 3.8) is 0 Å². The van der Waals surface area contributed by atoms with Crippen LogP contribution in [0.2, 0.25) is 0 Å². The van der Waals surface area contributed by atoms with E-state index in [1.807, 2.05) is 19.2 Å². The summed E-state index contributed by atoms with van der Waals surface area (Å²) in [5, 5.41) is 2.99. The average molecular weight is 321 g/mol. The second kappa shape index (κ2) is 9.34. The summed E-state index contributed by atoms with van der Waals surface area (Å²) in [4.78, 5) is 0.337. The first kappa shape index (κ1) is 19.4. The van der Waals surface area contributed by atoms with Gasteiger partial charge in [-0.05, 0) is 50.0 Å². The fraction of sp³-hybridized carbons (Fsp3) is 0.571. The van der Waals surface area contributed by atoms with Gasteiger partial charge in [0, 0.05) is 6.54 Å². The number of halogens is 1. The molecule has 0 fully saturated rings. The van der Waals surface area contributed by atoms with Gasteiger partial charge in [-0.1, -0.05) is 26.0 Å². The van der Waals surface area contributed by atoms with Gasteiger partial charge >= 0.3 is 0 Å². The van der Waals surface area contributed by atoms with Crippen LogP contribution < -0.4 is 10.0 Å². The number of benzene rings is 1. The van der Waals surface area contributed by atoms with Gasteiger partial charge in [0.15, 0.2) is 0 Å². The van der Waals surface area contributed by atoms with Crippen LogP contribution in [-0.4, -0.2) is 28.6 Å². The summed E-state index contributed by atoms with van der Waals surface area (Å²) in [6, 6.07) is 7.16. The van der Waals surface area contributed by atoms with E-state index in [-0.39, 0.29) is 12.4 Å². The number of sulfonamides is 1. The summed E-state index contributed by atoms with van der Waals surface area (Å²) in [7, 11) is -1.52. The Bertz CT molecular complexity index is 474. The molecule has 1 unspecified atom stereocenters. The van der Waals surface area contributed by atoms with E-state index in [0.717, 1.165) is 19.4 Å². The zero-order chi connectivity index (χ0) is 14.3. The van der Waals surface area contributed by atoms with E-state index < -0.39 is 10.0 Å². The Labute approximate surface area is 128 Å². The summed E-state index contributed by atoms with van der Waals surface area (Å²) in [6.07, 6.45) is 1.83. The molecular formula is C14H25ClN2O2S. The summed E-state index contributed by atoms with van der Waals surface area (Å²) in [5.41, 5.74) is 1.18. The van der Waals surface area contributed by atoms with Gasteiger partial charge in [-0.25, -0.2) is 13.1 Å². The lowest BCUT2D eigenvalue weighted by atomic mass is 9.99. The van der Waals surface area contributed by atoms with Crippen LogP contribution in [0.1, 0.15) is 38.2 Å². The monoisotopic (exact) mass is 320 g/mol. The predicted octanol–water partition coefficient (Wildman–Crippen LogP) is 2.51. The Morgan fingerprint density at radius 1 is 1.15 bits per heavy atom. The zero-order valence-electron chi connectivity index (χ0n) is 12.3. The molecule has 0 aliphatic carbocycles. The molecule has 0 aromatic heterocycles. The van der Waals surface area contributed by atoms with Crippen molar-refractivity contribution in [2.75, 3.05) is 20.1 Å². The second-order valence-corrected chi connectivity index (χ2v) is 6.50. The van der Waals surface area contributed by atoms with Gasteiger partial charge in [0.05, 0.1) is 4.90 Å². The van der Waals surface area contributed by atoms with E-state index in [2.05, 4.69) is 23.9 Å². The lowest BCUT2D eigenvalue weighted by molar-refractivity contribution is 0.577. The van der Waals surface area contributed by atoms with Gasteiger partial charge in [0.1, 0.15) is 0 Å². The van der Waals surface area contributed by atoms with Crippen LogP contribution in [0.25, 0.3) is 0 Å². The van der Waals surface area contributed by atoms with Gasteiger partial charge < -0.3 is 5.32 Å². The Morgan fingerprint density at radius 3 is 2.25 bits per heavy atom. The third-order valence-corrected chi connectivity index (χ3v) is 4.74. The molecule has 0 saturated carbocycles. The van der Waals surface area contributed by atoms with Crippen LogP contribution in [-0.2, 0) is 10.0 Å². The maximum atomic E-state index is 12.0.